The van der Waals surface area contributed by atoms with Crippen LogP contribution in [0.3, 0.4) is 0 Å². The largest absolute Gasteiger partial charge is 0.491 e. The smallest absolute Gasteiger partial charge is 0.151 e. The Hall–Kier alpha value is -4.24. The van der Waals surface area contributed by atoms with Crippen molar-refractivity contribution in [3.8, 4) is 23.3 Å². The van der Waals surface area contributed by atoms with E-state index in [-0.39, 0.29) is 0 Å². The van der Waals surface area contributed by atoms with Gasteiger partial charge in [-0.25, -0.2) is 0 Å². The third-order valence-electron chi connectivity index (χ3n) is 5.65. The molecule has 1 aromatic heterocycles. The summed E-state index contributed by atoms with van der Waals surface area (Å²) < 4.78 is 14.3. The summed E-state index contributed by atoms with van der Waals surface area (Å²) in [7, 11) is 0. The van der Waals surface area contributed by atoms with Crippen LogP contribution in [0.15, 0.2) is 85.2 Å². The van der Waals surface area contributed by atoms with Gasteiger partial charge < -0.3 is 14.4 Å². The first-order valence-corrected chi connectivity index (χ1v) is 11.0. The van der Waals surface area contributed by atoms with Crippen molar-refractivity contribution in [2.75, 3.05) is 18.1 Å². The van der Waals surface area contributed by atoms with E-state index in [1.807, 2.05) is 53.3 Å². The van der Waals surface area contributed by atoms with Crippen LogP contribution in [0.25, 0.3) is 0 Å². The van der Waals surface area contributed by atoms with Crippen LogP contribution in [-0.2, 0) is 13.0 Å². The molecule has 1 aliphatic heterocycles. The molecule has 4 aromatic rings. The summed E-state index contributed by atoms with van der Waals surface area (Å²) in [6.45, 7) is 1.83. The minimum Gasteiger partial charge on any atom is -0.491 e. The van der Waals surface area contributed by atoms with Crippen LogP contribution in [0.1, 0.15) is 17.5 Å². The minimum atomic E-state index is 0.457. The van der Waals surface area contributed by atoms with Crippen LogP contribution in [0.4, 0.5) is 11.4 Å². The van der Waals surface area contributed by atoms with Gasteiger partial charge in [0.05, 0.1) is 30.5 Å². The first-order valence-electron chi connectivity index (χ1n) is 11.0. The zero-order valence-corrected chi connectivity index (χ0v) is 18.2. The van der Waals surface area contributed by atoms with Gasteiger partial charge in [-0.1, -0.05) is 36.4 Å². The maximum Gasteiger partial charge on any atom is 0.151 e. The molecule has 1 aliphatic rings. The fourth-order valence-electron chi connectivity index (χ4n) is 4.08. The van der Waals surface area contributed by atoms with Crippen LogP contribution in [0.5, 0.6) is 17.2 Å². The molecule has 0 spiro atoms. The Balaban J connectivity index is 1.35. The summed E-state index contributed by atoms with van der Waals surface area (Å²) in [6.07, 6.45) is 4.84. The van der Waals surface area contributed by atoms with E-state index in [1.165, 1.54) is 0 Å². The second kappa shape index (κ2) is 9.49. The third kappa shape index (κ3) is 4.53. The summed E-state index contributed by atoms with van der Waals surface area (Å²) in [5.41, 5.74) is 4.20. The molecule has 0 N–H and O–H groups in total. The molecule has 5 rings (SSSR count). The lowest BCUT2D eigenvalue weighted by Gasteiger charge is -2.32. The van der Waals surface area contributed by atoms with E-state index in [2.05, 4.69) is 46.4 Å². The Kier molecular flexibility index (Phi) is 5.94. The molecular weight excluding hydrogens is 412 g/mol. The van der Waals surface area contributed by atoms with Crippen molar-refractivity contribution in [3.63, 3.8) is 0 Å². The molecule has 0 fully saturated rings. The van der Waals surface area contributed by atoms with Crippen molar-refractivity contribution in [1.29, 1.82) is 5.26 Å². The average molecular weight is 437 g/mol. The van der Waals surface area contributed by atoms with Gasteiger partial charge in [0.2, 0.25) is 0 Å². The van der Waals surface area contributed by atoms with E-state index < -0.39 is 0 Å². The summed E-state index contributed by atoms with van der Waals surface area (Å²) in [4.78, 5) is 2.23. The molecule has 164 valence electrons. The van der Waals surface area contributed by atoms with Crippen molar-refractivity contribution in [2.45, 2.75) is 19.4 Å². The van der Waals surface area contributed by atoms with E-state index in [0.29, 0.717) is 32.5 Å². The van der Waals surface area contributed by atoms with Gasteiger partial charge >= 0.3 is 0 Å². The number of aryl methyl sites for hydroxylation is 1. The fraction of sp³-hybridized carbons (Fsp3) is 0.185. The van der Waals surface area contributed by atoms with Crippen molar-refractivity contribution in [3.05, 3.63) is 96.3 Å². The molecular formula is C27H24N4O2. The van der Waals surface area contributed by atoms with Crippen molar-refractivity contribution < 1.29 is 9.47 Å². The molecule has 0 saturated carbocycles. The van der Waals surface area contributed by atoms with E-state index in [9.17, 15) is 0 Å². The van der Waals surface area contributed by atoms with E-state index in [4.69, 9.17) is 14.7 Å². The maximum atomic E-state index is 9.06. The molecule has 2 heterocycles. The number of benzene rings is 3. The Morgan fingerprint density at radius 2 is 1.70 bits per heavy atom. The zero-order chi connectivity index (χ0) is 22.5. The summed E-state index contributed by atoms with van der Waals surface area (Å²) in [5.74, 6) is 2.50. The molecule has 3 aromatic carbocycles. The van der Waals surface area contributed by atoms with Gasteiger partial charge in [-0.2, -0.15) is 10.4 Å². The molecule has 0 atom stereocenters. The number of para-hydroxylation sites is 4. The second-order valence-electron chi connectivity index (χ2n) is 7.84. The third-order valence-corrected chi connectivity index (χ3v) is 5.65. The number of hydrogen-bond acceptors (Lipinski definition) is 5. The molecule has 0 aliphatic carbocycles. The second-order valence-corrected chi connectivity index (χ2v) is 7.84. The first-order chi connectivity index (χ1) is 16.3. The molecule has 6 heteroatoms. The standard InChI is InChI=1S/C27H24N4O2/c28-14-5-7-22-13-12-21(20-30-16-6-15-29-30)19-27(22)32-18-17-31-23-8-1-3-10-25(23)33-26-11-4-2-9-24(26)31/h1-4,6,8-13,15-16,19H,5,7,17-18,20H2. The monoisotopic (exact) mass is 436 g/mol. The lowest BCUT2D eigenvalue weighted by Crippen LogP contribution is -2.26. The average Bonchev–Trinajstić information content (AvgIpc) is 3.36. The summed E-state index contributed by atoms with van der Waals surface area (Å²) in [6, 6.07) is 26.4. The van der Waals surface area contributed by atoms with Gasteiger partial charge in [0.15, 0.2) is 11.5 Å². The number of fused-ring (bicyclic) bond motifs is 2. The first kappa shape index (κ1) is 20.7. The van der Waals surface area contributed by atoms with E-state index in [1.54, 1.807) is 6.20 Å². The predicted molar refractivity (Wildman–Crippen MR) is 127 cm³/mol. The topological polar surface area (TPSA) is 63.3 Å². The Labute approximate surface area is 193 Å². The SMILES string of the molecule is N#CCCc1ccc(Cn2cccn2)cc1OCCN1c2ccccc2Oc2ccccc21. The Morgan fingerprint density at radius 3 is 2.39 bits per heavy atom. The van der Waals surface area contributed by atoms with Gasteiger partial charge in [-0.3, -0.25) is 4.68 Å². The maximum absolute atomic E-state index is 9.06. The van der Waals surface area contributed by atoms with Crippen molar-refractivity contribution >= 4 is 11.4 Å². The Morgan fingerprint density at radius 1 is 0.939 bits per heavy atom. The number of hydrogen-bond donors (Lipinski definition) is 0. The Bertz CT molecular complexity index is 1230. The summed E-state index contributed by atoms with van der Waals surface area (Å²) in [5, 5.41) is 13.3. The lowest BCUT2D eigenvalue weighted by atomic mass is 10.1. The number of aromatic nitrogens is 2. The van der Waals surface area contributed by atoms with Gasteiger partial charge in [0.1, 0.15) is 12.4 Å². The molecule has 0 saturated heterocycles. The molecule has 6 nitrogen and oxygen atoms in total. The van der Waals surface area contributed by atoms with Gasteiger partial charge in [0, 0.05) is 18.8 Å². The van der Waals surface area contributed by atoms with Crippen LogP contribution in [-0.4, -0.2) is 22.9 Å². The van der Waals surface area contributed by atoms with Gasteiger partial charge in [-0.05, 0) is 53.9 Å². The summed E-state index contributed by atoms with van der Waals surface area (Å²) >= 11 is 0. The zero-order valence-electron chi connectivity index (χ0n) is 18.2. The number of rotatable bonds is 8. The molecule has 33 heavy (non-hydrogen) atoms. The van der Waals surface area contributed by atoms with E-state index in [0.717, 1.165) is 39.8 Å². The quantitative estimate of drug-likeness (QED) is 0.354. The van der Waals surface area contributed by atoms with Gasteiger partial charge in [0.25, 0.3) is 0 Å². The highest BCUT2D eigenvalue weighted by Gasteiger charge is 2.23. The highest BCUT2D eigenvalue weighted by molar-refractivity contribution is 5.77. The molecule has 0 bridgehead atoms. The fourth-order valence-corrected chi connectivity index (χ4v) is 4.08. The predicted octanol–water partition coefficient (Wildman–Crippen LogP) is 5.71. The highest BCUT2D eigenvalue weighted by atomic mass is 16.5. The van der Waals surface area contributed by atoms with Gasteiger partial charge in [-0.15, -0.1) is 0 Å². The van der Waals surface area contributed by atoms with Crippen molar-refractivity contribution in [1.82, 2.24) is 9.78 Å². The van der Waals surface area contributed by atoms with Crippen LogP contribution < -0.4 is 14.4 Å². The number of ether oxygens (including phenoxy) is 2. The highest BCUT2D eigenvalue weighted by Crippen LogP contribution is 2.45. The number of anilines is 2. The number of nitrogens with zero attached hydrogens (tertiary/aromatic N) is 4. The number of nitriles is 1. The van der Waals surface area contributed by atoms with Crippen molar-refractivity contribution in [2.24, 2.45) is 0 Å². The minimum absolute atomic E-state index is 0.457. The normalized spacial score (nSPS) is 11.8. The van der Waals surface area contributed by atoms with Crippen LogP contribution in [0, 0.1) is 11.3 Å². The molecule has 0 unspecified atom stereocenters. The van der Waals surface area contributed by atoms with Crippen LogP contribution >= 0.6 is 0 Å². The van der Waals surface area contributed by atoms with E-state index >= 15 is 0 Å². The molecule has 0 radical (unpaired) electrons. The molecule has 0 amide bonds. The van der Waals surface area contributed by atoms with Crippen LogP contribution in [0.2, 0.25) is 0 Å². The lowest BCUT2D eigenvalue weighted by molar-refractivity contribution is 0.322.